The molecule has 2 rings (SSSR count). The Morgan fingerprint density at radius 1 is 1.42 bits per heavy atom. The Morgan fingerprint density at radius 2 is 2.21 bits per heavy atom. The molecule has 0 spiro atoms. The average molecular weight is 272 g/mol. The highest BCUT2D eigenvalue weighted by molar-refractivity contribution is 7.13. The molecule has 1 aromatic carbocycles. The zero-order chi connectivity index (χ0) is 13.8. The predicted molar refractivity (Wildman–Crippen MR) is 78.9 cm³/mol. The number of aromatic nitrogens is 1. The molecular weight excluding hydrogens is 256 g/mol. The van der Waals surface area contributed by atoms with E-state index in [9.17, 15) is 0 Å². The van der Waals surface area contributed by atoms with E-state index in [1.165, 1.54) is 0 Å². The normalized spacial score (nSPS) is 10.5. The van der Waals surface area contributed by atoms with Crippen molar-refractivity contribution in [2.45, 2.75) is 20.8 Å². The third kappa shape index (κ3) is 3.33. The first-order valence-corrected chi connectivity index (χ1v) is 7.05. The van der Waals surface area contributed by atoms with Crippen molar-refractivity contribution < 1.29 is 4.74 Å². The number of rotatable bonds is 4. The maximum absolute atomic E-state index is 7.26. The molecular formula is C15H16N2OS. The minimum atomic E-state index is 0.444. The topological polar surface area (TPSA) is 26.5 Å². The van der Waals surface area contributed by atoms with Crippen molar-refractivity contribution in [2.75, 3.05) is 6.61 Å². The molecule has 98 valence electrons. The fraction of sp³-hybridized carbons (Fsp3) is 0.333. The summed E-state index contributed by atoms with van der Waals surface area (Å²) < 4.78 is 5.65. The Balaban J connectivity index is 2.28. The Morgan fingerprint density at radius 3 is 2.79 bits per heavy atom. The minimum absolute atomic E-state index is 0.444. The summed E-state index contributed by atoms with van der Waals surface area (Å²) in [6, 6.07) is 5.67. The molecule has 0 atom stereocenters. The van der Waals surface area contributed by atoms with Crippen LogP contribution in [0.1, 0.15) is 19.5 Å². The van der Waals surface area contributed by atoms with Crippen LogP contribution in [-0.2, 0) is 0 Å². The van der Waals surface area contributed by atoms with E-state index in [-0.39, 0.29) is 0 Å². The van der Waals surface area contributed by atoms with Crippen LogP contribution < -0.4 is 4.74 Å². The van der Waals surface area contributed by atoms with Gasteiger partial charge in [0.15, 0.2) is 0 Å². The molecule has 3 nitrogen and oxygen atoms in total. The van der Waals surface area contributed by atoms with Crippen molar-refractivity contribution in [3.63, 3.8) is 0 Å². The second-order valence-electron chi connectivity index (χ2n) is 4.79. The number of benzene rings is 1. The summed E-state index contributed by atoms with van der Waals surface area (Å²) in [4.78, 5) is 7.98. The van der Waals surface area contributed by atoms with E-state index >= 15 is 0 Å². The molecule has 0 radical (unpaired) electrons. The van der Waals surface area contributed by atoms with Crippen LogP contribution in [0.4, 0.5) is 5.69 Å². The smallest absolute Gasteiger partial charge is 0.228 e. The zero-order valence-electron chi connectivity index (χ0n) is 11.3. The first-order valence-electron chi connectivity index (χ1n) is 6.17. The van der Waals surface area contributed by atoms with Gasteiger partial charge in [-0.3, -0.25) is 0 Å². The number of nitrogens with zero attached hydrogens (tertiary/aromatic N) is 2. The Hall–Kier alpha value is -1.86. The molecule has 0 bridgehead atoms. The maximum Gasteiger partial charge on any atom is 0.228 e. The first kappa shape index (κ1) is 13.6. The fourth-order valence-corrected chi connectivity index (χ4v) is 2.40. The summed E-state index contributed by atoms with van der Waals surface area (Å²) >= 11 is 1.59. The van der Waals surface area contributed by atoms with Gasteiger partial charge >= 0.3 is 0 Å². The number of ether oxygens (including phenoxy) is 1. The van der Waals surface area contributed by atoms with E-state index in [1.807, 2.05) is 30.5 Å². The third-order valence-electron chi connectivity index (χ3n) is 2.52. The molecule has 0 aliphatic heterocycles. The van der Waals surface area contributed by atoms with Gasteiger partial charge in [0.25, 0.3) is 0 Å². The Kier molecular flexibility index (Phi) is 4.18. The van der Waals surface area contributed by atoms with E-state index in [4.69, 9.17) is 11.3 Å². The summed E-state index contributed by atoms with van der Waals surface area (Å²) in [5.41, 5.74) is 2.52. The number of hydrogen-bond donors (Lipinski definition) is 0. The van der Waals surface area contributed by atoms with Gasteiger partial charge in [0, 0.05) is 16.6 Å². The van der Waals surface area contributed by atoms with Crippen LogP contribution in [0.5, 0.6) is 5.75 Å². The maximum atomic E-state index is 7.26. The molecule has 19 heavy (non-hydrogen) atoms. The molecule has 0 fully saturated rings. The molecule has 2 aromatic rings. The Labute approximate surface area is 117 Å². The third-order valence-corrected chi connectivity index (χ3v) is 3.53. The SMILES string of the molecule is [C-]#[N+]c1cc(-c2nc(C)cs2)ccc1OCC(C)C. The number of aryl methyl sites for hydroxylation is 1. The van der Waals surface area contributed by atoms with Gasteiger partial charge < -0.3 is 4.74 Å². The second-order valence-corrected chi connectivity index (χ2v) is 5.65. The lowest BCUT2D eigenvalue weighted by Crippen LogP contribution is -2.04. The van der Waals surface area contributed by atoms with Crippen LogP contribution in [-0.4, -0.2) is 11.6 Å². The molecule has 0 amide bonds. The van der Waals surface area contributed by atoms with E-state index in [2.05, 4.69) is 23.7 Å². The first-order chi connectivity index (χ1) is 9.10. The molecule has 0 saturated carbocycles. The molecule has 1 heterocycles. The highest BCUT2D eigenvalue weighted by Gasteiger charge is 2.09. The van der Waals surface area contributed by atoms with Crippen molar-refractivity contribution in [3.05, 3.63) is 40.7 Å². The molecule has 0 N–H and O–H groups in total. The fourth-order valence-electron chi connectivity index (χ4n) is 1.60. The van der Waals surface area contributed by atoms with Gasteiger partial charge in [0.1, 0.15) is 10.8 Å². The van der Waals surface area contributed by atoms with Gasteiger partial charge in [0.2, 0.25) is 5.69 Å². The highest BCUT2D eigenvalue weighted by atomic mass is 32.1. The van der Waals surface area contributed by atoms with Crippen molar-refractivity contribution in [2.24, 2.45) is 5.92 Å². The largest absolute Gasteiger partial charge is 0.504 e. The van der Waals surface area contributed by atoms with Crippen molar-refractivity contribution in [1.82, 2.24) is 4.98 Å². The lowest BCUT2D eigenvalue weighted by Gasteiger charge is -2.10. The molecule has 0 aliphatic rings. The van der Waals surface area contributed by atoms with Crippen LogP contribution in [0.3, 0.4) is 0 Å². The summed E-state index contributed by atoms with van der Waals surface area (Å²) in [5, 5.41) is 2.95. The lowest BCUT2D eigenvalue weighted by molar-refractivity contribution is 0.272. The summed E-state index contributed by atoms with van der Waals surface area (Å²) in [5.74, 6) is 1.10. The van der Waals surface area contributed by atoms with Crippen LogP contribution in [0, 0.1) is 19.4 Å². The highest BCUT2D eigenvalue weighted by Crippen LogP contribution is 2.34. The summed E-state index contributed by atoms with van der Waals surface area (Å²) in [6.07, 6.45) is 0. The van der Waals surface area contributed by atoms with Crippen molar-refractivity contribution in [1.29, 1.82) is 0 Å². The number of thiazole rings is 1. The van der Waals surface area contributed by atoms with Crippen LogP contribution in [0.15, 0.2) is 23.6 Å². The molecule has 0 saturated heterocycles. The predicted octanol–water partition coefficient (Wildman–Crippen LogP) is 4.70. The van der Waals surface area contributed by atoms with Crippen LogP contribution in [0.25, 0.3) is 15.4 Å². The van der Waals surface area contributed by atoms with Gasteiger partial charge in [-0.1, -0.05) is 19.9 Å². The van der Waals surface area contributed by atoms with Crippen molar-refractivity contribution in [3.8, 4) is 16.3 Å². The van der Waals surface area contributed by atoms with Gasteiger partial charge in [-0.05, 0) is 25.0 Å². The monoisotopic (exact) mass is 272 g/mol. The molecule has 0 aliphatic carbocycles. The number of hydrogen-bond acceptors (Lipinski definition) is 3. The van der Waals surface area contributed by atoms with Crippen LogP contribution >= 0.6 is 11.3 Å². The molecule has 0 unspecified atom stereocenters. The zero-order valence-corrected chi connectivity index (χ0v) is 12.1. The van der Waals surface area contributed by atoms with Gasteiger partial charge in [-0.15, -0.1) is 11.3 Å². The van der Waals surface area contributed by atoms with Crippen LogP contribution in [0.2, 0.25) is 0 Å². The molecule has 1 aromatic heterocycles. The van der Waals surface area contributed by atoms with E-state index in [0.29, 0.717) is 24.0 Å². The van der Waals surface area contributed by atoms with Crippen molar-refractivity contribution >= 4 is 17.0 Å². The minimum Gasteiger partial charge on any atom is -0.504 e. The van der Waals surface area contributed by atoms with E-state index < -0.39 is 0 Å². The lowest BCUT2D eigenvalue weighted by atomic mass is 10.2. The van der Waals surface area contributed by atoms with Gasteiger partial charge in [-0.25, -0.2) is 9.83 Å². The Bertz CT molecular complexity index is 611. The average Bonchev–Trinajstić information content (AvgIpc) is 2.82. The van der Waals surface area contributed by atoms with E-state index in [0.717, 1.165) is 16.3 Å². The summed E-state index contributed by atoms with van der Waals surface area (Å²) in [7, 11) is 0. The molecule has 4 heteroatoms. The van der Waals surface area contributed by atoms with Gasteiger partial charge in [0.05, 0.1) is 13.2 Å². The summed E-state index contributed by atoms with van der Waals surface area (Å²) in [6.45, 7) is 14.0. The standard InChI is InChI=1S/C15H16N2OS/c1-10(2)8-18-14-6-5-12(7-13(14)16-4)15-17-11(3)9-19-15/h5-7,9-10H,8H2,1-3H3. The van der Waals surface area contributed by atoms with Gasteiger partial charge in [-0.2, -0.15) is 0 Å². The quantitative estimate of drug-likeness (QED) is 0.754. The van der Waals surface area contributed by atoms with E-state index in [1.54, 1.807) is 11.3 Å². The second kappa shape index (κ2) is 5.85.